The van der Waals surface area contributed by atoms with Gasteiger partial charge in [-0.15, -0.1) is 0 Å². The minimum Gasteiger partial charge on any atom is -0.496 e. The minimum absolute atomic E-state index is 0.110. The molecule has 6 nitrogen and oxygen atoms in total. The third-order valence-corrected chi connectivity index (χ3v) is 10.0. The van der Waals surface area contributed by atoms with Crippen LogP contribution in [0, 0.1) is 13.8 Å². The topological polar surface area (TPSA) is 89.5 Å². The molecule has 1 saturated heterocycles. The highest BCUT2D eigenvalue weighted by Gasteiger charge is 2.46. The number of ether oxygens (including phenoxy) is 1. The van der Waals surface area contributed by atoms with E-state index in [0.717, 1.165) is 31.2 Å². The Morgan fingerprint density at radius 1 is 1.04 bits per heavy atom. The molecule has 2 fully saturated rings. The van der Waals surface area contributed by atoms with Crippen molar-refractivity contribution >= 4 is 19.7 Å². The summed E-state index contributed by atoms with van der Waals surface area (Å²) in [5.41, 5.74) is 1.30. The van der Waals surface area contributed by atoms with E-state index in [-0.39, 0.29) is 22.4 Å². The maximum Gasteiger partial charge on any atom is 0.184 e. The van der Waals surface area contributed by atoms with E-state index >= 15 is 0 Å². The van der Waals surface area contributed by atoms with Crippen LogP contribution in [-0.4, -0.2) is 52.8 Å². The highest BCUT2D eigenvalue weighted by molar-refractivity contribution is 7.96. The summed E-state index contributed by atoms with van der Waals surface area (Å²) in [6.45, 7) is 3.52. The van der Waals surface area contributed by atoms with Crippen LogP contribution in [0.2, 0.25) is 0 Å². The quantitative estimate of drug-likeness (QED) is 0.793. The number of benzene rings is 1. The molecule has 1 aliphatic carbocycles. The Kier molecular flexibility index (Phi) is 5.89. The van der Waals surface area contributed by atoms with Crippen molar-refractivity contribution in [3.63, 3.8) is 0 Å². The van der Waals surface area contributed by atoms with Crippen molar-refractivity contribution in [3.05, 3.63) is 23.3 Å². The molecule has 0 bridgehead atoms. The number of hydrogen-bond acceptors (Lipinski definition) is 6. The van der Waals surface area contributed by atoms with Crippen LogP contribution >= 0.6 is 0 Å². The molecular formula is C19H29NO5S2. The van der Waals surface area contributed by atoms with Crippen LogP contribution in [0.15, 0.2) is 17.0 Å². The molecule has 2 aliphatic rings. The first-order chi connectivity index (χ1) is 12.6. The van der Waals surface area contributed by atoms with Crippen molar-refractivity contribution in [2.75, 3.05) is 18.6 Å². The van der Waals surface area contributed by atoms with Gasteiger partial charge in [0.15, 0.2) is 19.7 Å². The maximum atomic E-state index is 13.4. The van der Waals surface area contributed by atoms with E-state index in [1.54, 1.807) is 33.1 Å². The fourth-order valence-corrected chi connectivity index (χ4v) is 9.29. The SMILES string of the molecule is COc1cc(C)c(S(=O)(=O)[C@H]2CS(=O)(=O)C[C@@H]2NC2CCCCC2)cc1C. The monoisotopic (exact) mass is 415 g/mol. The van der Waals surface area contributed by atoms with Crippen molar-refractivity contribution in [2.24, 2.45) is 0 Å². The zero-order valence-corrected chi connectivity index (χ0v) is 17.8. The summed E-state index contributed by atoms with van der Waals surface area (Å²) in [5.74, 6) is 0.202. The Morgan fingerprint density at radius 2 is 1.70 bits per heavy atom. The molecule has 0 spiro atoms. The standard InChI is InChI=1S/C19H29NO5S2/c1-13-10-18(14(2)9-17(13)25-3)27(23,24)19-12-26(21,22)11-16(19)20-15-7-5-4-6-8-15/h9-10,15-16,19-20H,4-8,11-12H2,1-3H3/t16-,19-/m0/s1. The predicted octanol–water partition coefficient (Wildman–Crippen LogP) is 2.17. The Labute approximate surface area is 162 Å². The van der Waals surface area contributed by atoms with Gasteiger partial charge in [0.2, 0.25) is 0 Å². The lowest BCUT2D eigenvalue weighted by atomic mass is 9.95. The second-order valence-electron chi connectivity index (χ2n) is 7.86. The molecule has 0 amide bonds. The average Bonchev–Trinajstić information content (AvgIpc) is 2.92. The second-order valence-corrected chi connectivity index (χ2v) is 12.1. The fourth-order valence-electron chi connectivity index (χ4n) is 4.30. The van der Waals surface area contributed by atoms with Gasteiger partial charge in [-0.05, 0) is 49.9 Å². The first kappa shape index (κ1) is 20.6. The van der Waals surface area contributed by atoms with Crippen LogP contribution in [0.1, 0.15) is 43.2 Å². The Hall–Kier alpha value is -1.12. The lowest BCUT2D eigenvalue weighted by Crippen LogP contribution is -2.48. The predicted molar refractivity (Wildman–Crippen MR) is 106 cm³/mol. The summed E-state index contributed by atoms with van der Waals surface area (Å²) in [6, 6.07) is 2.96. The van der Waals surface area contributed by atoms with Gasteiger partial charge in [-0.1, -0.05) is 19.3 Å². The lowest BCUT2D eigenvalue weighted by molar-refractivity contribution is 0.345. The van der Waals surface area contributed by atoms with Gasteiger partial charge < -0.3 is 10.1 Å². The number of methoxy groups -OCH3 is 1. The zero-order chi connectivity index (χ0) is 19.8. The molecule has 0 unspecified atom stereocenters. The molecule has 8 heteroatoms. The molecule has 2 atom stereocenters. The molecule has 27 heavy (non-hydrogen) atoms. The van der Waals surface area contributed by atoms with Gasteiger partial charge in [0, 0.05) is 12.1 Å². The first-order valence-corrected chi connectivity index (χ1v) is 12.9. The Morgan fingerprint density at radius 3 is 2.33 bits per heavy atom. The molecule has 152 valence electrons. The summed E-state index contributed by atoms with van der Waals surface area (Å²) in [6.07, 6.45) is 5.35. The highest BCUT2D eigenvalue weighted by atomic mass is 32.2. The van der Waals surface area contributed by atoms with Crippen LogP contribution in [0.25, 0.3) is 0 Å². The van der Waals surface area contributed by atoms with E-state index in [4.69, 9.17) is 4.74 Å². The molecule has 1 N–H and O–H groups in total. The lowest BCUT2D eigenvalue weighted by Gasteiger charge is -2.29. The third-order valence-electron chi connectivity index (χ3n) is 5.75. The fraction of sp³-hybridized carbons (Fsp3) is 0.684. The number of hydrogen-bond donors (Lipinski definition) is 1. The molecule has 1 aromatic carbocycles. The van der Waals surface area contributed by atoms with Crippen LogP contribution in [0.3, 0.4) is 0 Å². The Balaban J connectivity index is 1.94. The zero-order valence-electron chi connectivity index (χ0n) is 16.2. The van der Waals surface area contributed by atoms with E-state index in [1.807, 2.05) is 0 Å². The summed E-state index contributed by atoms with van der Waals surface area (Å²) in [4.78, 5) is 0.207. The average molecular weight is 416 g/mol. The van der Waals surface area contributed by atoms with E-state index in [0.29, 0.717) is 11.3 Å². The van der Waals surface area contributed by atoms with Crippen LogP contribution in [0.5, 0.6) is 5.75 Å². The number of nitrogens with one attached hydrogen (secondary N) is 1. The van der Waals surface area contributed by atoms with Crippen LogP contribution in [0.4, 0.5) is 0 Å². The van der Waals surface area contributed by atoms with Crippen LogP contribution in [-0.2, 0) is 19.7 Å². The molecule has 1 heterocycles. The van der Waals surface area contributed by atoms with Crippen LogP contribution < -0.4 is 10.1 Å². The van der Waals surface area contributed by atoms with E-state index in [9.17, 15) is 16.8 Å². The molecule has 0 radical (unpaired) electrons. The molecule has 1 aromatic rings. The summed E-state index contributed by atoms with van der Waals surface area (Å²) in [7, 11) is -5.63. The number of aryl methyl sites for hydroxylation is 2. The smallest absolute Gasteiger partial charge is 0.184 e. The normalized spacial score (nSPS) is 26.2. The molecule has 1 aliphatic heterocycles. The molecule has 0 aromatic heterocycles. The summed E-state index contributed by atoms with van der Waals surface area (Å²) in [5, 5.41) is 2.42. The van der Waals surface area contributed by atoms with E-state index < -0.39 is 31.0 Å². The molecular weight excluding hydrogens is 386 g/mol. The second kappa shape index (κ2) is 7.72. The van der Waals surface area contributed by atoms with Gasteiger partial charge in [-0.25, -0.2) is 16.8 Å². The highest BCUT2D eigenvalue weighted by Crippen LogP contribution is 2.32. The Bertz CT molecular complexity index is 902. The van der Waals surface area contributed by atoms with Crippen molar-refractivity contribution in [1.82, 2.24) is 5.32 Å². The van der Waals surface area contributed by atoms with Gasteiger partial charge >= 0.3 is 0 Å². The maximum absolute atomic E-state index is 13.4. The van der Waals surface area contributed by atoms with Crippen molar-refractivity contribution in [2.45, 2.75) is 68.2 Å². The summed E-state index contributed by atoms with van der Waals surface area (Å²) >= 11 is 0. The van der Waals surface area contributed by atoms with Gasteiger partial charge in [0.05, 0.1) is 28.8 Å². The molecule has 1 saturated carbocycles. The van der Waals surface area contributed by atoms with Gasteiger partial charge in [0.25, 0.3) is 0 Å². The summed E-state index contributed by atoms with van der Waals surface area (Å²) < 4.78 is 56.7. The largest absolute Gasteiger partial charge is 0.496 e. The van der Waals surface area contributed by atoms with Crippen molar-refractivity contribution in [1.29, 1.82) is 0 Å². The minimum atomic E-state index is -3.79. The van der Waals surface area contributed by atoms with Gasteiger partial charge in [-0.3, -0.25) is 0 Å². The first-order valence-electron chi connectivity index (χ1n) is 9.49. The van der Waals surface area contributed by atoms with Gasteiger partial charge in [-0.2, -0.15) is 0 Å². The number of rotatable bonds is 5. The van der Waals surface area contributed by atoms with E-state index in [1.165, 1.54) is 6.42 Å². The molecule has 3 rings (SSSR count). The van der Waals surface area contributed by atoms with Gasteiger partial charge in [0.1, 0.15) is 5.75 Å². The number of sulfone groups is 2. The third kappa shape index (κ3) is 4.32. The van der Waals surface area contributed by atoms with Crippen molar-refractivity contribution in [3.8, 4) is 5.75 Å². The van der Waals surface area contributed by atoms with Crippen molar-refractivity contribution < 1.29 is 21.6 Å². The van der Waals surface area contributed by atoms with E-state index in [2.05, 4.69) is 5.32 Å².